The van der Waals surface area contributed by atoms with Crippen LogP contribution in [0.15, 0.2) is 72.8 Å². The van der Waals surface area contributed by atoms with E-state index in [9.17, 15) is 52.7 Å². The fourth-order valence-electron chi connectivity index (χ4n) is 4.04. The van der Waals surface area contributed by atoms with Crippen molar-refractivity contribution in [2.24, 2.45) is 0 Å². The van der Waals surface area contributed by atoms with Gasteiger partial charge in [-0.25, -0.2) is 0 Å². The van der Waals surface area contributed by atoms with Crippen molar-refractivity contribution in [3.8, 4) is 23.0 Å². The molecule has 2 nitrogen and oxygen atoms in total. The van der Waals surface area contributed by atoms with E-state index in [4.69, 9.17) is 9.47 Å². The molecular formula is C30H18F12IO2-. The van der Waals surface area contributed by atoms with E-state index in [2.05, 4.69) is 0 Å². The third kappa shape index (κ3) is 8.35. The summed E-state index contributed by atoms with van der Waals surface area (Å²) in [6.45, 7) is 2.54. The van der Waals surface area contributed by atoms with E-state index in [1.807, 2.05) is 0 Å². The van der Waals surface area contributed by atoms with Gasteiger partial charge in [0.25, 0.3) is 0 Å². The average Bonchev–Trinajstić information content (AvgIpc) is 2.90. The van der Waals surface area contributed by atoms with E-state index in [1.165, 1.54) is 19.9 Å². The Kier molecular flexibility index (Phi) is 9.35. The first-order chi connectivity index (χ1) is 20.6. The van der Waals surface area contributed by atoms with Gasteiger partial charge in [0, 0.05) is 0 Å². The van der Waals surface area contributed by atoms with E-state index < -0.39 is 94.7 Å². The van der Waals surface area contributed by atoms with E-state index in [-0.39, 0.29) is 14.7 Å². The number of alkyl halides is 12. The van der Waals surface area contributed by atoms with Crippen molar-refractivity contribution in [1.29, 1.82) is 0 Å². The zero-order valence-corrected chi connectivity index (χ0v) is 24.8. The van der Waals surface area contributed by atoms with Crippen LogP contribution < -0.4 is 30.7 Å². The first kappa shape index (κ1) is 34.2. The molecule has 0 heterocycles. The number of ether oxygens (including phenoxy) is 2. The van der Waals surface area contributed by atoms with Crippen molar-refractivity contribution in [3.63, 3.8) is 0 Å². The second-order valence-electron chi connectivity index (χ2n) is 9.55. The van der Waals surface area contributed by atoms with Crippen LogP contribution in [0.25, 0.3) is 0 Å². The van der Waals surface area contributed by atoms with Gasteiger partial charge in [0.2, 0.25) is 0 Å². The van der Waals surface area contributed by atoms with Gasteiger partial charge in [-0.15, -0.1) is 0 Å². The molecule has 0 bridgehead atoms. The van der Waals surface area contributed by atoms with Crippen molar-refractivity contribution in [3.05, 3.63) is 113 Å². The van der Waals surface area contributed by atoms with E-state index in [1.54, 1.807) is 0 Å². The molecule has 0 saturated carbocycles. The zero-order chi connectivity index (χ0) is 33.5. The monoisotopic (exact) mass is 765 g/mol. The van der Waals surface area contributed by atoms with Crippen LogP contribution in [0.1, 0.15) is 33.4 Å². The first-order valence-corrected chi connectivity index (χ1v) is 14.6. The molecule has 4 rings (SSSR count). The van der Waals surface area contributed by atoms with Gasteiger partial charge in [-0.05, 0) is 0 Å². The van der Waals surface area contributed by atoms with Crippen LogP contribution in [0.4, 0.5) is 52.7 Å². The molecule has 4 aromatic rings. The van der Waals surface area contributed by atoms with Crippen molar-refractivity contribution in [1.82, 2.24) is 0 Å². The van der Waals surface area contributed by atoms with Crippen LogP contribution in [0, 0.1) is 21.0 Å². The van der Waals surface area contributed by atoms with Crippen LogP contribution in [0.2, 0.25) is 0 Å². The molecule has 0 radical (unpaired) electrons. The van der Waals surface area contributed by atoms with Gasteiger partial charge in [0.05, 0.1) is 0 Å². The van der Waals surface area contributed by atoms with Gasteiger partial charge in [-0.1, -0.05) is 0 Å². The summed E-state index contributed by atoms with van der Waals surface area (Å²) in [7, 11) is 0. The summed E-state index contributed by atoms with van der Waals surface area (Å²) in [4.78, 5) is 0. The van der Waals surface area contributed by atoms with Gasteiger partial charge in [0.1, 0.15) is 0 Å². The number of hydrogen-bond donors (Lipinski definition) is 0. The Labute approximate surface area is 257 Å². The molecule has 0 aliphatic rings. The van der Waals surface area contributed by atoms with Crippen LogP contribution in [-0.4, -0.2) is 0 Å². The summed E-state index contributed by atoms with van der Waals surface area (Å²) < 4.78 is 174. The maximum absolute atomic E-state index is 14.0. The molecule has 0 aliphatic carbocycles. The van der Waals surface area contributed by atoms with Crippen LogP contribution in [0.3, 0.4) is 0 Å². The Morgan fingerprint density at radius 3 is 1.51 bits per heavy atom. The first-order valence-electron chi connectivity index (χ1n) is 12.4. The molecular weight excluding hydrogens is 747 g/mol. The topological polar surface area (TPSA) is 18.5 Å². The quantitative estimate of drug-likeness (QED) is 0.146. The fraction of sp³-hybridized carbons (Fsp3) is 0.200. The molecule has 0 unspecified atom stereocenters. The molecule has 0 aliphatic heterocycles. The molecule has 242 valence electrons. The molecule has 0 saturated heterocycles. The predicted octanol–water partition coefficient (Wildman–Crippen LogP) is 8.09. The Morgan fingerprint density at radius 1 is 0.467 bits per heavy atom. The van der Waals surface area contributed by atoms with Crippen LogP contribution >= 0.6 is 0 Å². The zero-order valence-electron chi connectivity index (χ0n) is 22.7. The minimum atomic E-state index is -5.15. The molecule has 0 aromatic heterocycles. The predicted molar refractivity (Wildman–Crippen MR) is 133 cm³/mol. The Balaban J connectivity index is 1.68. The molecule has 45 heavy (non-hydrogen) atoms. The summed E-state index contributed by atoms with van der Waals surface area (Å²) in [6, 6.07) is 10.4. The Hall–Kier alpha value is -3.63. The molecule has 0 N–H and O–H groups in total. The third-order valence-electron chi connectivity index (χ3n) is 6.11. The molecule has 4 aromatic carbocycles. The third-order valence-corrected chi connectivity index (χ3v) is 8.93. The van der Waals surface area contributed by atoms with Gasteiger partial charge < -0.3 is 0 Å². The summed E-state index contributed by atoms with van der Waals surface area (Å²) in [5.41, 5.74) is -5.11. The normalized spacial score (nSPS) is 12.8. The molecule has 15 heteroatoms. The van der Waals surface area contributed by atoms with Gasteiger partial charge in [-0.3, -0.25) is 0 Å². The van der Waals surface area contributed by atoms with Gasteiger partial charge in [-0.2, -0.15) is 0 Å². The van der Waals surface area contributed by atoms with Gasteiger partial charge >= 0.3 is 258 Å². The molecule has 0 fully saturated rings. The van der Waals surface area contributed by atoms with E-state index >= 15 is 0 Å². The SMILES string of the molecule is Cc1ccc(Oc2ccc([I-]c3ccc(Oc4ccc(C)c(C(F)(F)F)c4)cc3C(F)(F)F)cc2C(F)(F)F)c(C(F)(F)F)c1. The number of benzene rings is 4. The van der Waals surface area contributed by atoms with Crippen molar-refractivity contribution in [2.45, 2.75) is 38.6 Å². The number of aryl methyl sites for hydroxylation is 2. The fourth-order valence-corrected chi connectivity index (χ4v) is 6.64. The Morgan fingerprint density at radius 2 is 0.956 bits per heavy atom. The average molecular weight is 765 g/mol. The summed E-state index contributed by atoms with van der Waals surface area (Å²) >= 11 is -1.99. The Bertz CT molecular complexity index is 1700. The second kappa shape index (κ2) is 12.3. The number of rotatable bonds is 6. The standard InChI is InChI=1S/C30H18F12IO2/c1-15-3-9-25(22(11-15)29(37,38)39)45-26-10-5-17(12-23(26)30(40,41)42)43-24-8-7-19(14-21(24)28(34,35)36)44-18-6-4-16(2)20(13-18)27(31,32)33/h3-14H,1-2H3/q-1. The summed E-state index contributed by atoms with van der Waals surface area (Å²) in [5.74, 6) is -2.74. The summed E-state index contributed by atoms with van der Waals surface area (Å²) in [6.07, 6.45) is -19.9. The second-order valence-corrected chi connectivity index (χ2v) is 12.5. The van der Waals surface area contributed by atoms with E-state index in [0.717, 1.165) is 42.5 Å². The van der Waals surface area contributed by atoms with Crippen molar-refractivity contribution in [2.75, 3.05) is 0 Å². The number of hydrogen-bond acceptors (Lipinski definition) is 2. The van der Waals surface area contributed by atoms with Crippen LogP contribution in [-0.2, 0) is 24.7 Å². The molecule has 0 spiro atoms. The minimum absolute atomic E-state index is 0.139. The van der Waals surface area contributed by atoms with Crippen molar-refractivity contribution < 1.29 is 83.4 Å². The molecule has 0 atom stereocenters. The summed E-state index contributed by atoms with van der Waals surface area (Å²) in [5, 5.41) is 0. The maximum atomic E-state index is 14.0. The van der Waals surface area contributed by atoms with Crippen LogP contribution in [0.5, 0.6) is 23.0 Å². The van der Waals surface area contributed by atoms with Crippen molar-refractivity contribution >= 4 is 0 Å². The number of halogens is 13. The van der Waals surface area contributed by atoms with Gasteiger partial charge in [0.15, 0.2) is 0 Å². The molecule has 0 amide bonds. The van der Waals surface area contributed by atoms with E-state index in [0.29, 0.717) is 24.3 Å².